The highest BCUT2D eigenvalue weighted by Gasteiger charge is 2.18. The number of allylic oxidation sites excluding steroid dienone is 1. The second-order valence-corrected chi connectivity index (χ2v) is 9.25. The van der Waals surface area contributed by atoms with Gasteiger partial charge in [-0.3, -0.25) is 0 Å². The van der Waals surface area contributed by atoms with Gasteiger partial charge in [-0.15, -0.1) is 0 Å². The van der Waals surface area contributed by atoms with Gasteiger partial charge in [-0.2, -0.15) is 0 Å². The zero-order valence-electron chi connectivity index (χ0n) is 20.8. The predicted octanol–water partition coefficient (Wildman–Crippen LogP) is 8.02. The molecule has 34 heavy (non-hydrogen) atoms. The van der Waals surface area contributed by atoms with Gasteiger partial charge < -0.3 is 14.2 Å². The van der Waals surface area contributed by atoms with E-state index in [0.29, 0.717) is 30.4 Å². The Labute approximate surface area is 205 Å². The van der Waals surface area contributed by atoms with Crippen LogP contribution in [0.1, 0.15) is 82.0 Å². The molecule has 184 valence electrons. The van der Waals surface area contributed by atoms with E-state index in [9.17, 15) is 4.79 Å². The molecule has 0 radical (unpaired) electrons. The van der Waals surface area contributed by atoms with Gasteiger partial charge in [0.05, 0.1) is 12.2 Å². The fraction of sp³-hybridized carbons (Fsp3) is 0.500. The van der Waals surface area contributed by atoms with E-state index in [1.165, 1.54) is 51.4 Å². The predicted molar refractivity (Wildman–Crippen MR) is 138 cm³/mol. The fourth-order valence-corrected chi connectivity index (χ4v) is 4.42. The highest BCUT2D eigenvalue weighted by Crippen LogP contribution is 2.32. The first-order valence-electron chi connectivity index (χ1n) is 13.0. The van der Waals surface area contributed by atoms with E-state index < -0.39 is 5.97 Å². The quantitative estimate of drug-likeness (QED) is 0.130. The summed E-state index contributed by atoms with van der Waals surface area (Å²) in [6, 6.07) is 14.2. The van der Waals surface area contributed by atoms with Crippen molar-refractivity contribution >= 4 is 5.97 Å². The number of rotatable bonds is 13. The van der Waals surface area contributed by atoms with Crippen LogP contribution in [0, 0.1) is 11.8 Å². The molecule has 0 heterocycles. The number of carbonyl (C=O) groups is 1. The van der Waals surface area contributed by atoms with Crippen LogP contribution in [0.5, 0.6) is 17.2 Å². The lowest BCUT2D eigenvalue weighted by molar-refractivity contribution is 0.0734. The van der Waals surface area contributed by atoms with Gasteiger partial charge in [-0.1, -0.05) is 51.7 Å². The molecule has 0 bridgehead atoms. The van der Waals surface area contributed by atoms with Gasteiger partial charge in [0.2, 0.25) is 0 Å². The smallest absolute Gasteiger partial charge is 0.343 e. The number of esters is 1. The Hall–Kier alpha value is -2.75. The highest BCUT2D eigenvalue weighted by molar-refractivity contribution is 5.91. The lowest BCUT2D eigenvalue weighted by atomic mass is 9.79. The highest BCUT2D eigenvalue weighted by atomic mass is 16.5. The third kappa shape index (κ3) is 8.89. The number of ether oxygens (including phenoxy) is 3. The summed E-state index contributed by atoms with van der Waals surface area (Å²) in [7, 11) is 0. The maximum atomic E-state index is 12.4. The molecule has 3 rings (SSSR count). The SMILES string of the molecule is CCCCCC1CCC(/C=C/COc2ccc(OC(=O)c3ccc(OCCC)cc3)cc2)CC1. The van der Waals surface area contributed by atoms with Gasteiger partial charge in [-0.25, -0.2) is 4.79 Å². The molecular weight excluding hydrogens is 424 g/mol. The maximum absolute atomic E-state index is 12.4. The van der Waals surface area contributed by atoms with Crippen molar-refractivity contribution in [1.29, 1.82) is 0 Å². The van der Waals surface area contributed by atoms with Crippen LogP contribution in [0.15, 0.2) is 60.7 Å². The van der Waals surface area contributed by atoms with Crippen LogP contribution in [0.2, 0.25) is 0 Å². The molecular formula is C30H40O4. The zero-order chi connectivity index (χ0) is 24.0. The molecule has 4 heteroatoms. The van der Waals surface area contributed by atoms with Crippen molar-refractivity contribution in [3.8, 4) is 17.2 Å². The van der Waals surface area contributed by atoms with E-state index in [1.54, 1.807) is 36.4 Å². The first kappa shape index (κ1) is 25.9. The average Bonchev–Trinajstić information content (AvgIpc) is 2.87. The molecule has 1 saturated carbocycles. The monoisotopic (exact) mass is 464 g/mol. The number of carbonyl (C=O) groups excluding carboxylic acids is 1. The molecule has 4 nitrogen and oxygen atoms in total. The lowest BCUT2D eigenvalue weighted by Crippen LogP contribution is -2.13. The molecule has 0 amide bonds. The third-order valence-corrected chi connectivity index (χ3v) is 6.46. The number of unbranched alkanes of at least 4 members (excludes halogenated alkanes) is 2. The number of hydrogen-bond acceptors (Lipinski definition) is 4. The summed E-state index contributed by atoms with van der Waals surface area (Å²) in [6.07, 6.45) is 16.3. The number of hydrogen-bond donors (Lipinski definition) is 0. The molecule has 1 fully saturated rings. The Morgan fingerprint density at radius 2 is 1.47 bits per heavy atom. The summed E-state index contributed by atoms with van der Waals surface area (Å²) in [5, 5.41) is 0. The lowest BCUT2D eigenvalue weighted by Gasteiger charge is -2.26. The van der Waals surface area contributed by atoms with Crippen molar-refractivity contribution in [3.05, 3.63) is 66.2 Å². The van der Waals surface area contributed by atoms with Gasteiger partial charge in [0.1, 0.15) is 23.9 Å². The molecule has 0 unspecified atom stereocenters. The van der Waals surface area contributed by atoms with E-state index in [0.717, 1.165) is 23.8 Å². The Balaban J connectivity index is 1.36. The fourth-order valence-electron chi connectivity index (χ4n) is 4.42. The van der Waals surface area contributed by atoms with Crippen LogP contribution >= 0.6 is 0 Å². The molecule has 0 atom stereocenters. The Morgan fingerprint density at radius 1 is 0.824 bits per heavy atom. The average molecular weight is 465 g/mol. The van der Waals surface area contributed by atoms with Crippen LogP contribution in [-0.2, 0) is 0 Å². The van der Waals surface area contributed by atoms with Crippen molar-refractivity contribution in [3.63, 3.8) is 0 Å². The molecule has 1 aliphatic rings. The molecule has 0 spiro atoms. The molecule has 2 aromatic carbocycles. The molecule has 0 saturated heterocycles. The summed E-state index contributed by atoms with van der Waals surface area (Å²) in [5.74, 6) is 3.26. The standard InChI is InChI=1S/C30H40O4/c1-3-5-6-8-24-10-12-25(13-11-24)9-7-23-33-28-18-20-29(21-19-28)34-30(31)26-14-16-27(17-15-26)32-22-4-2/h7,9,14-21,24-25H,3-6,8,10-13,22-23H2,1-2H3/b9-7+. The first-order valence-corrected chi connectivity index (χ1v) is 13.0. The molecule has 0 aliphatic heterocycles. The topological polar surface area (TPSA) is 44.8 Å². The normalized spacial score (nSPS) is 18.1. The van der Waals surface area contributed by atoms with Crippen molar-refractivity contribution in [2.24, 2.45) is 11.8 Å². The van der Waals surface area contributed by atoms with Gasteiger partial charge in [0.25, 0.3) is 0 Å². The van der Waals surface area contributed by atoms with Gasteiger partial charge in [0.15, 0.2) is 0 Å². The van der Waals surface area contributed by atoms with Gasteiger partial charge >= 0.3 is 5.97 Å². The van der Waals surface area contributed by atoms with Gasteiger partial charge in [0, 0.05) is 0 Å². The largest absolute Gasteiger partial charge is 0.494 e. The van der Waals surface area contributed by atoms with Crippen LogP contribution in [-0.4, -0.2) is 19.2 Å². The Bertz CT molecular complexity index is 862. The molecule has 1 aliphatic carbocycles. The second kappa shape index (κ2) is 14.5. The third-order valence-electron chi connectivity index (χ3n) is 6.46. The van der Waals surface area contributed by atoms with Crippen molar-refractivity contribution in [2.75, 3.05) is 13.2 Å². The molecule has 2 aromatic rings. The summed E-state index contributed by atoms with van der Waals surface area (Å²) in [6.45, 7) is 5.55. The minimum atomic E-state index is -0.390. The molecule has 0 aromatic heterocycles. The molecule has 0 N–H and O–H groups in total. The number of benzene rings is 2. The first-order chi connectivity index (χ1) is 16.7. The van der Waals surface area contributed by atoms with Crippen molar-refractivity contribution in [2.45, 2.75) is 71.6 Å². The summed E-state index contributed by atoms with van der Waals surface area (Å²) >= 11 is 0. The van der Waals surface area contributed by atoms with E-state index in [4.69, 9.17) is 14.2 Å². The summed E-state index contributed by atoms with van der Waals surface area (Å²) in [5.41, 5.74) is 0.490. The zero-order valence-corrected chi connectivity index (χ0v) is 20.8. The van der Waals surface area contributed by atoms with Crippen LogP contribution in [0.25, 0.3) is 0 Å². The van der Waals surface area contributed by atoms with Crippen molar-refractivity contribution < 1.29 is 19.0 Å². The minimum absolute atomic E-state index is 0.390. The van der Waals surface area contributed by atoms with Crippen LogP contribution < -0.4 is 14.2 Å². The summed E-state index contributed by atoms with van der Waals surface area (Å²) < 4.78 is 16.8. The van der Waals surface area contributed by atoms with E-state index >= 15 is 0 Å². The van der Waals surface area contributed by atoms with Crippen molar-refractivity contribution in [1.82, 2.24) is 0 Å². The van der Waals surface area contributed by atoms with E-state index in [1.807, 2.05) is 12.1 Å². The maximum Gasteiger partial charge on any atom is 0.343 e. The minimum Gasteiger partial charge on any atom is -0.494 e. The van der Waals surface area contributed by atoms with Crippen LogP contribution in [0.3, 0.4) is 0 Å². The summed E-state index contributed by atoms with van der Waals surface area (Å²) in [4.78, 5) is 12.4. The Kier molecular flexibility index (Phi) is 11.0. The van der Waals surface area contributed by atoms with E-state index in [-0.39, 0.29) is 0 Å². The van der Waals surface area contributed by atoms with E-state index in [2.05, 4.69) is 26.0 Å². The van der Waals surface area contributed by atoms with Gasteiger partial charge in [-0.05, 0) is 92.5 Å². The van der Waals surface area contributed by atoms with Crippen LogP contribution in [0.4, 0.5) is 0 Å². The second-order valence-electron chi connectivity index (χ2n) is 9.25. The Morgan fingerprint density at radius 3 is 2.15 bits per heavy atom.